The number of hydrogen-bond acceptors (Lipinski definition) is 5. The van der Waals surface area contributed by atoms with Gasteiger partial charge in [-0.2, -0.15) is 0 Å². The van der Waals surface area contributed by atoms with Crippen LogP contribution in [0.5, 0.6) is 5.75 Å². The minimum atomic E-state index is -0.849. The Hall–Kier alpha value is -2.55. The molecule has 1 atom stereocenters. The molecule has 0 fully saturated rings. The molecule has 3 N–H and O–H groups in total. The number of ether oxygens (including phenoxy) is 1. The molecule has 0 saturated carbocycles. The van der Waals surface area contributed by atoms with E-state index < -0.39 is 23.3 Å². The van der Waals surface area contributed by atoms with Crippen molar-refractivity contribution >= 4 is 33.3 Å². The van der Waals surface area contributed by atoms with E-state index in [1.54, 1.807) is 19.1 Å². The first-order valence-corrected chi connectivity index (χ1v) is 11.5. The van der Waals surface area contributed by atoms with E-state index in [2.05, 4.69) is 27.8 Å². The standard InChI is InChI=1S/C22H31BrN4O4/c1-4-6-8-14-26(21(29)15(3)31-17-11-9-16(23)10-12-17)18-19(24)27(13-7-5-2)22(30)25-20(18)28/h9-12,15H,4-8,13-14,24H2,1-3H3,(H,25,28,30). The van der Waals surface area contributed by atoms with Gasteiger partial charge >= 0.3 is 5.69 Å². The fraction of sp³-hybridized carbons (Fsp3) is 0.500. The number of unbranched alkanes of at least 4 members (excludes halogenated alkanes) is 3. The molecule has 0 spiro atoms. The van der Waals surface area contributed by atoms with E-state index in [0.717, 1.165) is 30.2 Å². The van der Waals surface area contributed by atoms with Gasteiger partial charge in [0.15, 0.2) is 11.8 Å². The Balaban J connectivity index is 2.40. The maximum Gasteiger partial charge on any atom is 0.330 e. The highest BCUT2D eigenvalue weighted by molar-refractivity contribution is 9.10. The topological polar surface area (TPSA) is 110 Å². The summed E-state index contributed by atoms with van der Waals surface area (Å²) in [5.74, 6) is 0.146. The number of nitrogens with zero attached hydrogens (tertiary/aromatic N) is 2. The zero-order chi connectivity index (χ0) is 23.0. The molecule has 0 aliphatic rings. The van der Waals surface area contributed by atoms with E-state index >= 15 is 0 Å². The van der Waals surface area contributed by atoms with Crippen LogP contribution in [-0.4, -0.2) is 28.1 Å². The van der Waals surface area contributed by atoms with Crippen LogP contribution in [0, 0.1) is 0 Å². The van der Waals surface area contributed by atoms with Crippen molar-refractivity contribution in [1.29, 1.82) is 0 Å². The van der Waals surface area contributed by atoms with Crippen LogP contribution in [-0.2, 0) is 11.3 Å². The zero-order valence-electron chi connectivity index (χ0n) is 18.3. The van der Waals surface area contributed by atoms with Gasteiger partial charge in [-0.3, -0.25) is 19.1 Å². The van der Waals surface area contributed by atoms with Crippen molar-refractivity contribution in [3.8, 4) is 5.75 Å². The van der Waals surface area contributed by atoms with E-state index in [1.165, 1.54) is 9.47 Å². The summed E-state index contributed by atoms with van der Waals surface area (Å²) in [6.45, 7) is 6.36. The van der Waals surface area contributed by atoms with Crippen LogP contribution in [0.4, 0.5) is 11.5 Å². The molecule has 2 rings (SSSR count). The molecular formula is C22H31BrN4O4. The molecule has 170 valence electrons. The second-order valence-electron chi connectivity index (χ2n) is 7.41. The second-order valence-corrected chi connectivity index (χ2v) is 8.32. The lowest BCUT2D eigenvalue weighted by molar-refractivity contribution is -0.124. The molecule has 0 radical (unpaired) electrons. The number of aromatic amines is 1. The number of amides is 1. The number of nitrogens with one attached hydrogen (secondary N) is 1. The molecule has 0 bridgehead atoms. The normalized spacial score (nSPS) is 11.9. The fourth-order valence-electron chi connectivity index (χ4n) is 3.22. The van der Waals surface area contributed by atoms with Crippen LogP contribution in [0.1, 0.15) is 52.9 Å². The Bertz CT molecular complexity index is 984. The minimum Gasteiger partial charge on any atom is -0.481 e. The number of benzene rings is 1. The molecule has 1 aromatic heterocycles. The van der Waals surface area contributed by atoms with Crippen molar-refractivity contribution in [2.75, 3.05) is 17.2 Å². The molecular weight excluding hydrogens is 464 g/mol. The van der Waals surface area contributed by atoms with Crippen molar-refractivity contribution < 1.29 is 9.53 Å². The lowest BCUT2D eigenvalue weighted by Gasteiger charge is -2.27. The van der Waals surface area contributed by atoms with Crippen molar-refractivity contribution in [2.45, 2.75) is 65.5 Å². The van der Waals surface area contributed by atoms with Gasteiger partial charge in [0.25, 0.3) is 11.5 Å². The first-order chi connectivity index (χ1) is 14.8. The minimum absolute atomic E-state index is 0.00268. The maximum atomic E-state index is 13.3. The zero-order valence-corrected chi connectivity index (χ0v) is 19.9. The van der Waals surface area contributed by atoms with E-state index in [4.69, 9.17) is 10.5 Å². The highest BCUT2D eigenvalue weighted by Gasteiger charge is 2.28. The highest BCUT2D eigenvalue weighted by Crippen LogP contribution is 2.22. The van der Waals surface area contributed by atoms with Gasteiger partial charge in [-0.25, -0.2) is 4.79 Å². The van der Waals surface area contributed by atoms with Crippen LogP contribution >= 0.6 is 15.9 Å². The summed E-state index contributed by atoms with van der Waals surface area (Å²) in [6.07, 6.45) is 3.27. The molecule has 1 unspecified atom stereocenters. The number of H-pyrrole nitrogens is 1. The largest absolute Gasteiger partial charge is 0.481 e. The molecule has 31 heavy (non-hydrogen) atoms. The quantitative estimate of drug-likeness (QED) is 0.463. The third-order valence-electron chi connectivity index (χ3n) is 4.94. The van der Waals surface area contributed by atoms with Gasteiger partial charge in [0, 0.05) is 17.6 Å². The first kappa shape index (κ1) is 24.7. The molecule has 0 aliphatic carbocycles. The number of nitrogens with two attached hydrogens (primary N) is 1. The van der Waals surface area contributed by atoms with E-state index in [1.807, 2.05) is 19.1 Å². The number of carbonyl (C=O) groups is 1. The van der Waals surface area contributed by atoms with Crippen LogP contribution in [0.25, 0.3) is 0 Å². The number of halogens is 1. The maximum absolute atomic E-state index is 13.3. The second kappa shape index (κ2) is 11.7. The predicted octanol–water partition coefficient (Wildman–Crippen LogP) is 3.67. The monoisotopic (exact) mass is 494 g/mol. The van der Waals surface area contributed by atoms with Gasteiger partial charge in [0.1, 0.15) is 11.6 Å². The molecule has 8 nitrogen and oxygen atoms in total. The number of rotatable bonds is 11. The number of carbonyl (C=O) groups excluding carboxylic acids is 1. The fourth-order valence-corrected chi connectivity index (χ4v) is 3.48. The van der Waals surface area contributed by atoms with Crippen LogP contribution in [0.2, 0.25) is 0 Å². The van der Waals surface area contributed by atoms with Crippen molar-refractivity contribution in [2.24, 2.45) is 0 Å². The summed E-state index contributed by atoms with van der Waals surface area (Å²) in [6, 6.07) is 7.14. The lowest BCUT2D eigenvalue weighted by Crippen LogP contribution is -2.46. The van der Waals surface area contributed by atoms with Crippen molar-refractivity contribution in [3.05, 3.63) is 49.6 Å². The molecule has 0 saturated heterocycles. The van der Waals surface area contributed by atoms with Gasteiger partial charge < -0.3 is 15.4 Å². The summed E-state index contributed by atoms with van der Waals surface area (Å²) in [5, 5.41) is 0. The highest BCUT2D eigenvalue weighted by atomic mass is 79.9. The average Bonchev–Trinajstić information content (AvgIpc) is 2.73. The first-order valence-electron chi connectivity index (χ1n) is 10.7. The molecule has 1 amide bonds. The molecule has 1 heterocycles. The van der Waals surface area contributed by atoms with Gasteiger partial charge in [0.2, 0.25) is 0 Å². The van der Waals surface area contributed by atoms with Gasteiger partial charge in [-0.1, -0.05) is 49.0 Å². The predicted molar refractivity (Wildman–Crippen MR) is 127 cm³/mol. The van der Waals surface area contributed by atoms with Gasteiger partial charge in [-0.15, -0.1) is 0 Å². The van der Waals surface area contributed by atoms with Crippen molar-refractivity contribution in [3.63, 3.8) is 0 Å². The third-order valence-corrected chi connectivity index (χ3v) is 5.47. The number of nitrogen functional groups attached to an aromatic ring is 1. The Labute approximate surface area is 190 Å². The van der Waals surface area contributed by atoms with E-state index in [0.29, 0.717) is 25.3 Å². The molecule has 0 aliphatic heterocycles. The summed E-state index contributed by atoms with van der Waals surface area (Å²) in [5.41, 5.74) is 5.00. The summed E-state index contributed by atoms with van der Waals surface area (Å²) < 4.78 is 8.02. The lowest BCUT2D eigenvalue weighted by atomic mass is 10.2. The van der Waals surface area contributed by atoms with Gasteiger partial charge in [0.05, 0.1) is 0 Å². The van der Waals surface area contributed by atoms with Gasteiger partial charge in [-0.05, 0) is 44.0 Å². The summed E-state index contributed by atoms with van der Waals surface area (Å²) >= 11 is 3.37. The van der Waals surface area contributed by atoms with Crippen LogP contribution in [0.3, 0.4) is 0 Å². The summed E-state index contributed by atoms with van der Waals surface area (Å²) in [7, 11) is 0. The Morgan fingerprint density at radius 1 is 1.16 bits per heavy atom. The SMILES string of the molecule is CCCCCN(C(=O)C(C)Oc1ccc(Br)cc1)c1c(N)n(CCCC)c(=O)[nH]c1=O. The molecule has 1 aromatic carbocycles. The Morgan fingerprint density at radius 2 is 1.81 bits per heavy atom. The summed E-state index contributed by atoms with van der Waals surface area (Å²) in [4.78, 5) is 42.0. The number of aromatic nitrogens is 2. The smallest absolute Gasteiger partial charge is 0.330 e. The molecule has 9 heteroatoms. The van der Waals surface area contributed by atoms with E-state index in [-0.39, 0.29) is 11.5 Å². The number of anilines is 2. The Kier molecular flexibility index (Phi) is 9.36. The van der Waals surface area contributed by atoms with Crippen LogP contribution in [0.15, 0.2) is 38.3 Å². The number of hydrogen-bond donors (Lipinski definition) is 2. The third kappa shape index (κ3) is 6.46. The van der Waals surface area contributed by atoms with Crippen molar-refractivity contribution in [1.82, 2.24) is 9.55 Å². The van der Waals surface area contributed by atoms with E-state index in [9.17, 15) is 14.4 Å². The average molecular weight is 495 g/mol. The molecule has 2 aromatic rings. The van der Waals surface area contributed by atoms with Crippen LogP contribution < -0.4 is 26.6 Å². The Morgan fingerprint density at radius 3 is 2.42 bits per heavy atom.